The first-order valence-corrected chi connectivity index (χ1v) is 5.92. The fourth-order valence-electron chi connectivity index (χ4n) is 1.76. The Morgan fingerprint density at radius 1 is 1.50 bits per heavy atom. The lowest BCUT2D eigenvalue weighted by atomic mass is 10.2. The SMILES string of the molecule is C#CC(CC)NCc1nc2ccccc2c(=O)[nH]1. The van der Waals surface area contributed by atoms with E-state index in [9.17, 15) is 4.79 Å². The molecule has 0 aliphatic carbocycles. The van der Waals surface area contributed by atoms with Crippen LogP contribution in [0.1, 0.15) is 19.2 Å². The zero-order chi connectivity index (χ0) is 13.0. The number of para-hydroxylation sites is 1. The molecule has 0 radical (unpaired) electrons. The van der Waals surface area contributed by atoms with Gasteiger partial charge in [-0.25, -0.2) is 4.98 Å². The van der Waals surface area contributed by atoms with Gasteiger partial charge in [0.1, 0.15) is 5.82 Å². The van der Waals surface area contributed by atoms with Crippen LogP contribution in [-0.4, -0.2) is 16.0 Å². The van der Waals surface area contributed by atoms with Gasteiger partial charge < -0.3 is 4.98 Å². The number of H-pyrrole nitrogens is 1. The summed E-state index contributed by atoms with van der Waals surface area (Å²) in [6, 6.07) is 7.27. The molecule has 1 aromatic carbocycles. The van der Waals surface area contributed by atoms with Crippen LogP contribution in [0.15, 0.2) is 29.1 Å². The maximum absolute atomic E-state index is 11.8. The number of hydrogen-bond acceptors (Lipinski definition) is 3. The van der Waals surface area contributed by atoms with Crippen molar-refractivity contribution in [3.63, 3.8) is 0 Å². The van der Waals surface area contributed by atoms with Gasteiger partial charge in [0.15, 0.2) is 0 Å². The van der Waals surface area contributed by atoms with Crippen molar-refractivity contribution < 1.29 is 0 Å². The Bertz CT molecular complexity index is 639. The Kier molecular flexibility index (Phi) is 3.75. The summed E-state index contributed by atoms with van der Waals surface area (Å²) in [6.07, 6.45) is 6.20. The van der Waals surface area contributed by atoms with Crippen LogP contribution >= 0.6 is 0 Å². The summed E-state index contributed by atoms with van der Waals surface area (Å²) in [4.78, 5) is 19.0. The number of terminal acetylenes is 1. The van der Waals surface area contributed by atoms with E-state index in [-0.39, 0.29) is 11.6 Å². The number of benzene rings is 1. The highest BCUT2D eigenvalue weighted by atomic mass is 16.1. The molecular weight excluding hydrogens is 226 g/mol. The average molecular weight is 241 g/mol. The molecule has 0 spiro atoms. The second kappa shape index (κ2) is 5.48. The standard InChI is InChI=1S/C14H15N3O/c1-3-10(4-2)15-9-13-16-12-8-6-5-7-11(12)14(18)17-13/h1,5-8,10,15H,4,9H2,2H3,(H,16,17,18). The van der Waals surface area contributed by atoms with Gasteiger partial charge in [-0.3, -0.25) is 10.1 Å². The van der Waals surface area contributed by atoms with E-state index in [0.717, 1.165) is 6.42 Å². The van der Waals surface area contributed by atoms with Gasteiger partial charge in [0, 0.05) is 0 Å². The van der Waals surface area contributed by atoms with Crippen molar-refractivity contribution in [3.8, 4) is 12.3 Å². The number of fused-ring (bicyclic) bond motifs is 1. The topological polar surface area (TPSA) is 57.8 Å². The van der Waals surface area contributed by atoms with Crippen molar-refractivity contribution in [1.29, 1.82) is 0 Å². The first kappa shape index (κ1) is 12.3. The molecule has 2 aromatic rings. The lowest BCUT2D eigenvalue weighted by Gasteiger charge is -2.10. The molecule has 1 unspecified atom stereocenters. The lowest BCUT2D eigenvalue weighted by Crippen LogP contribution is -2.28. The quantitative estimate of drug-likeness (QED) is 0.796. The second-order valence-electron chi connectivity index (χ2n) is 4.04. The van der Waals surface area contributed by atoms with Crippen LogP contribution < -0.4 is 10.9 Å². The fraction of sp³-hybridized carbons (Fsp3) is 0.286. The van der Waals surface area contributed by atoms with Gasteiger partial charge >= 0.3 is 0 Å². The Morgan fingerprint density at radius 3 is 3.00 bits per heavy atom. The van der Waals surface area contributed by atoms with Crippen LogP contribution in [0, 0.1) is 12.3 Å². The van der Waals surface area contributed by atoms with Crippen molar-refractivity contribution in [2.75, 3.05) is 0 Å². The predicted molar refractivity (Wildman–Crippen MR) is 72.1 cm³/mol. The fourth-order valence-corrected chi connectivity index (χ4v) is 1.76. The Balaban J connectivity index is 2.25. The first-order valence-electron chi connectivity index (χ1n) is 5.92. The minimum atomic E-state index is -0.119. The van der Waals surface area contributed by atoms with Crippen LogP contribution in [0.3, 0.4) is 0 Å². The lowest BCUT2D eigenvalue weighted by molar-refractivity contribution is 0.577. The second-order valence-corrected chi connectivity index (χ2v) is 4.04. The van der Waals surface area contributed by atoms with Crippen molar-refractivity contribution in [2.24, 2.45) is 0 Å². The molecule has 0 saturated carbocycles. The molecule has 0 saturated heterocycles. The van der Waals surface area contributed by atoms with Crippen LogP contribution in [-0.2, 0) is 6.54 Å². The summed E-state index contributed by atoms with van der Waals surface area (Å²) in [5, 5.41) is 3.76. The largest absolute Gasteiger partial charge is 0.309 e. The summed E-state index contributed by atoms with van der Waals surface area (Å²) < 4.78 is 0. The molecule has 0 bridgehead atoms. The average Bonchev–Trinajstić information content (AvgIpc) is 2.40. The molecule has 2 N–H and O–H groups in total. The number of nitrogens with one attached hydrogen (secondary N) is 2. The van der Waals surface area contributed by atoms with Gasteiger partial charge in [-0.05, 0) is 18.6 Å². The molecule has 0 amide bonds. The van der Waals surface area contributed by atoms with E-state index in [1.54, 1.807) is 6.07 Å². The third-order valence-corrected chi connectivity index (χ3v) is 2.79. The van der Waals surface area contributed by atoms with Crippen LogP contribution in [0.4, 0.5) is 0 Å². The van der Waals surface area contributed by atoms with Crippen LogP contribution in [0.5, 0.6) is 0 Å². The highest BCUT2D eigenvalue weighted by molar-refractivity contribution is 5.77. The van der Waals surface area contributed by atoms with E-state index in [1.807, 2.05) is 25.1 Å². The summed E-state index contributed by atoms with van der Waals surface area (Å²) in [5.41, 5.74) is 0.581. The molecule has 92 valence electrons. The van der Waals surface area contributed by atoms with Gasteiger partial charge in [-0.2, -0.15) is 0 Å². The number of aromatic amines is 1. The van der Waals surface area contributed by atoms with E-state index < -0.39 is 0 Å². The summed E-state index contributed by atoms with van der Waals surface area (Å²) >= 11 is 0. The van der Waals surface area contributed by atoms with Crippen molar-refractivity contribution >= 4 is 10.9 Å². The van der Waals surface area contributed by atoms with Crippen LogP contribution in [0.25, 0.3) is 10.9 Å². The molecule has 2 rings (SSSR count). The Labute approximate surface area is 105 Å². The van der Waals surface area contributed by atoms with Gasteiger partial charge in [0.25, 0.3) is 5.56 Å². The first-order chi connectivity index (χ1) is 8.74. The van der Waals surface area contributed by atoms with Crippen molar-refractivity contribution in [3.05, 3.63) is 40.4 Å². The molecule has 1 heterocycles. The maximum atomic E-state index is 11.8. The molecule has 1 atom stereocenters. The summed E-state index contributed by atoms with van der Waals surface area (Å²) in [5.74, 6) is 3.25. The van der Waals surface area contributed by atoms with E-state index in [2.05, 4.69) is 21.2 Å². The number of rotatable bonds is 4. The van der Waals surface area contributed by atoms with Gasteiger partial charge in [0.2, 0.25) is 0 Å². The van der Waals surface area contributed by atoms with Gasteiger partial charge in [0.05, 0.1) is 23.5 Å². The van der Waals surface area contributed by atoms with E-state index in [4.69, 9.17) is 6.42 Å². The van der Waals surface area contributed by atoms with Crippen LogP contribution in [0.2, 0.25) is 0 Å². The molecule has 0 aliphatic rings. The van der Waals surface area contributed by atoms with Crippen molar-refractivity contribution in [2.45, 2.75) is 25.9 Å². The molecule has 1 aromatic heterocycles. The van der Waals surface area contributed by atoms with Crippen molar-refractivity contribution in [1.82, 2.24) is 15.3 Å². The monoisotopic (exact) mass is 241 g/mol. The highest BCUT2D eigenvalue weighted by Crippen LogP contribution is 2.05. The molecule has 0 aliphatic heterocycles. The molecule has 18 heavy (non-hydrogen) atoms. The zero-order valence-corrected chi connectivity index (χ0v) is 10.2. The molecule has 4 heteroatoms. The molecular formula is C14H15N3O. The van der Waals surface area contributed by atoms with E-state index in [0.29, 0.717) is 23.3 Å². The van der Waals surface area contributed by atoms with E-state index in [1.165, 1.54) is 0 Å². The summed E-state index contributed by atoms with van der Waals surface area (Å²) in [6.45, 7) is 2.47. The number of nitrogens with zero attached hydrogens (tertiary/aromatic N) is 1. The van der Waals surface area contributed by atoms with Gasteiger partial charge in [-0.1, -0.05) is 25.0 Å². The number of aromatic nitrogens is 2. The van der Waals surface area contributed by atoms with Gasteiger partial charge in [-0.15, -0.1) is 6.42 Å². The zero-order valence-electron chi connectivity index (χ0n) is 10.2. The Hall–Kier alpha value is -2.12. The predicted octanol–water partition coefficient (Wildman–Crippen LogP) is 1.42. The third kappa shape index (κ3) is 2.58. The molecule has 0 fully saturated rings. The number of hydrogen-bond donors (Lipinski definition) is 2. The smallest absolute Gasteiger partial charge is 0.258 e. The highest BCUT2D eigenvalue weighted by Gasteiger charge is 2.05. The minimum Gasteiger partial charge on any atom is -0.309 e. The third-order valence-electron chi connectivity index (χ3n) is 2.79. The minimum absolute atomic E-state index is 0.00164. The Morgan fingerprint density at radius 2 is 2.28 bits per heavy atom. The van der Waals surface area contributed by atoms with E-state index >= 15 is 0 Å². The maximum Gasteiger partial charge on any atom is 0.258 e. The molecule has 4 nitrogen and oxygen atoms in total. The normalized spacial score (nSPS) is 12.2. The summed E-state index contributed by atoms with van der Waals surface area (Å²) in [7, 11) is 0.